The molecule has 1 saturated heterocycles. The van der Waals surface area contributed by atoms with Crippen molar-refractivity contribution in [1.82, 2.24) is 24.9 Å². The van der Waals surface area contributed by atoms with E-state index in [0.29, 0.717) is 25.2 Å². The van der Waals surface area contributed by atoms with Gasteiger partial charge < -0.3 is 20.0 Å². The standard InChI is InChI=1S/C27H36F3N5O3/c1-5-32-11-13-33(14-12-32)24(36)20(15-17(3)4)35-16-21-22(25(35)37)23(31-26(38)34(21)6-2)18-9-7-8-10-19(18)27(28,29)30/h7-10,17,20,23H,5-6,11-16H2,1-4H3,(H,31,38)/t20-,23+/m0/s1. The van der Waals surface area contributed by atoms with Gasteiger partial charge in [0.05, 0.1) is 29.4 Å². The molecule has 0 spiro atoms. The number of carbonyl (C=O) groups is 3. The largest absolute Gasteiger partial charge is 0.416 e. The van der Waals surface area contributed by atoms with Gasteiger partial charge in [0, 0.05) is 32.7 Å². The molecule has 3 aliphatic rings. The zero-order valence-corrected chi connectivity index (χ0v) is 22.3. The number of hydrogen-bond acceptors (Lipinski definition) is 4. The molecule has 11 heteroatoms. The first-order chi connectivity index (χ1) is 18.0. The Morgan fingerprint density at radius 1 is 1.05 bits per heavy atom. The third-order valence-electron chi connectivity index (χ3n) is 7.63. The normalized spacial score (nSPS) is 21.8. The molecule has 1 fully saturated rings. The number of amides is 4. The number of piperazine rings is 1. The number of urea groups is 1. The van der Waals surface area contributed by atoms with Gasteiger partial charge in [0.25, 0.3) is 5.91 Å². The zero-order valence-electron chi connectivity index (χ0n) is 22.3. The number of benzene rings is 1. The molecule has 2 atom stereocenters. The molecule has 3 aliphatic heterocycles. The topological polar surface area (TPSA) is 76.2 Å². The molecule has 0 bridgehead atoms. The Balaban J connectivity index is 1.71. The molecule has 1 N–H and O–H groups in total. The van der Waals surface area contributed by atoms with E-state index in [4.69, 9.17) is 0 Å². The van der Waals surface area contributed by atoms with Crippen molar-refractivity contribution in [3.8, 4) is 0 Å². The molecule has 4 rings (SSSR count). The Hall–Kier alpha value is -3.08. The monoisotopic (exact) mass is 535 g/mol. The van der Waals surface area contributed by atoms with Gasteiger partial charge in [0.1, 0.15) is 6.04 Å². The van der Waals surface area contributed by atoms with Crippen LogP contribution >= 0.6 is 0 Å². The van der Waals surface area contributed by atoms with E-state index >= 15 is 0 Å². The van der Waals surface area contributed by atoms with Gasteiger partial charge >= 0.3 is 12.2 Å². The summed E-state index contributed by atoms with van der Waals surface area (Å²) in [6, 6.07) is 2.38. The summed E-state index contributed by atoms with van der Waals surface area (Å²) < 4.78 is 41.7. The number of halogens is 3. The van der Waals surface area contributed by atoms with E-state index in [1.807, 2.05) is 13.8 Å². The summed E-state index contributed by atoms with van der Waals surface area (Å²) in [6.07, 6.45) is -4.25. The lowest BCUT2D eigenvalue weighted by molar-refractivity contribution is -0.145. The highest BCUT2D eigenvalue weighted by Crippen LogP contribution is 2.42. The number of nitrogens with one attached hydrogen (secondary N) is 1. The minimum atomic E-state index is -4.66. The Morgan fingerprint density at radius 3 is 2.29 bits per heavy atom. The number of carbonyl (C=O) groups excluding carboxylic acids is 3. The van der Waals surface area contributed by atoms with E-state index in [0.717, 1.165) is 25.7 Å². The maximum atomic E-state index is 14.0. The first-order valence-electron chi connectivity index (χ1n) is 13.3. The van der Waals surface area contributed by atoms with Crippen molar-refractivity contribution in [1.29, 1.82) is 0 Å². The lowest BCUT2D eigenvalue weighted by atomic mass is 9.91. The van der Waals surface area contributed by atoms with Crippen molar-refractivity contribution >= 4 is 17.8 Å². The van der Waals surface area contributed by atoms with E-state index < -0.39 is 35.8 Å². The van der Waals surface area contributed by atoms with Gasteiger partial charge in [-0.15, -0.1) is 0 Å². The van der Waals surface area contributed by atoms with Gasteiger partial charge in [-0.25, -0.2) is 4.79 Å². The minimum Gasteiger partial charge on any atom is -0.338 e. The highest BCUT2D eigenvalue weighted by molar-refractivity contribution is 6.03. The maximum absolute atomic E-state index is 14.0. The van der Waals surface area contributed by atoms with Crippen LogP contribution < -0.4 is 5.32 Å². The molecule has 208 valence electrons. The highest BCUT2D eigenvalue weighted by Gasteiger charge is 2.49. The van der Waals surface area contributed by atoms with E-state index in [-0.39, 0.29) is 36.1 Å². The van der Waals surface area contributed by atoms with E-state index in [1.54, 1.807) is 11.8 Å². The zero-order chi connectivity index (χ0) is 27.8. The van der Waals surface area contributed by atoms with E-state index in [1.165, 1.54) is 28.0 Å². The smallest absolute Gasteiger partial charge is 0.338 e. The molecular weight excluding hydrogens is 499 g/mol. The molecular formula is C27H36F3N5O3. The van der Waals surface area contributed by atoms with Crippen LogP contribution in [0.2, 0.25) is 0 Å². The number of rotatable bonds is 7. The van der Waals surface area contributed by atoms with Gasteiger partial charge in [-0.05, 0) is 37.4 Å². The summed E-state index contributed by atoms with van der Waals surface area (Å²) in [6.45, 7) is 11.5. The Kier molecular flexibility index (Phi) is 8.06. The van der Waals surface area contributed by atoms with Crippen LogP contribution in [0.4, 0.5) is 18.0 Å². The Morgan fingerprint density at radius 2 is 1.71 bits per heavy atom. The molecule has 3 heterocycles. The molecule has 0 radical (unpaired) electrons. The van der Waals surface area contributed by atoms with Crippen LogP contribution in [0.3, 0.4) is 0 Å². The molecule has 0 aliphatic carbocycles. The second-order valence-electron chi connectivity index (χ2n) is 10.4. The average Bonchev–Trinajstić information content (AvgIpc) is 3.22. The number of alkyl halides is 3. The van der Waals surface area contributed by atoms with Crippen molar-refractivity contribution in [3.05, 3.63) is 46.7 Å². The summed E-state index contributed by atoms with van der Waals surface area (Å²) in [7, 11) is 0. The maximum Gasteiger partial charge on any atom is 0.416 e. The van der Waals surface area contributed by atoms with Crippen LogP contribution in [-0.2, 0) is 15.8 Å². The SMILES string of the molecule is CCN1CCN(C(=O)[C@H](CC(C)C)N2CC3=C(C2=O)[C@@H](c2ccccc2C(F)(F)F)NC(=O)N3CC)CC1. The minimum absolute atomic E-state index is 0.00182. The molecule has 1 aromatic rings. The summed E-state index contributed by atoms with van der Waals surface area (Å²) in [5.41, 5.74) is -0.632. The predicted octanol–water partition coefficient (Wildman–Crippen LogP) is 3.47. The number of likely N-dealkylation sites (N-methyl/N-ethyl adjacent to an activating group) is 2. The van der Waals surface area contributed by atoms with Crippen LogP contribution in [0.5, 0.6) is 0 Å². The van der Waals surface area contributed by atoms with Crippen LogP contribution in [0, 0.1) is 5.92 Å². The first-order valence-corrected chi connectivity index (χ1v) is 13.3. The Labute approximate surface area is 221 Å². The highest BCUT2D eigenvalue weighted by atomic mass is 19.4. The predicted molar refractivity (Wildman–Crippen MR) is 136 cm³/mol. The summed E-state index contributed by atoms with van der Waals surface area (Å²) >= 11 is 0. The fourth-order valence-corrected chi connectivity index (χ4v) is 5.64. The molecule has 4 amide bonds. The molecule has 0 unspecified atom stereocenters. The van der Waals surface area contributed by atoms with Crippen molar-refractivity contribution in [2.75, 3.05) is 45.8 Å². The first kappa shape index (κ1) is 27.9. The third-order valence-corrected chi connectivity index (χ3v) is 7.63. The second-order valence-corrected chi connectivity index (χ2v) is 10.4. The fraction of sp³-hybridized carbons (Fsp3) is 0.593. The van der Waals surface area contributed by atoms with Crippen molar-refractivity contribution in [2.24, 2.45) is 5.92 Å². The van der Waals surface area contributed by atoms with Crippen molar-refractivity contribution in [3.63, 3.8) is 0 Å². The fourth-order valence-electron chi connectivity index (χ4n) is 5.64. The number of nitrogens with zero attached hydrogens (tertiary/aromatic N) is 4. The Bertz CT molecular complexity index is 1110. The lowest BCUT2D eigenvalue weighted by Crippen LogP contribution is -2.55. The van der Waals surface area contributed by atoms with Gasteiger partial charge in [0.15, 0.2) is 0 Å². The average molecular weight is 536 g/mol. The summed E-state index contributed by atoms with van der Waals surface area (Å²) in [4.78, 5) is 47.6. The molecule has 8 nitrogen and oxygen atoms in total. The van der Waals surface area contributed by atoms with Crippen LogP contribution in [-0.4, -0.2) is 89.3 Å². The third kappa shape index (κ3) is 5.25. The number of hydrogen-bond donors (Lipinski definition) is 1. The molecule has 0 aromatic heterocycles. The molecule has 38 heavy (non-hydrogen) atoms. The van der Waals surface area contributed by atoms with Crippen molar-refractivity contribution in [2.45, 2.75) is 52.4 Å². The lowest BCUT2D eigenvalue weighted by Gasteiger charge is -2.38. The van der Waals surface area contributed by atoms with Crippen LogP contribution in [0.1, 0.15) is 51.3 Å². The van der Waals surface area contributed by atoms with E-state index in [2.05, 4.69) is 17.1 Å². The van der Waals surface area contributed by atoms with Crippen LogP contribution in [0.25, 0.3) is 0 Å². The molecule has 0 saturated carbocycles. The quantitative estimate of drug-likeness (QED) is 0.580. The summed E-state index contributed by atoms with van der Waals surface area (Å²) in [5.74, 6) is -0.570. The molecule has 1 aromatic carbocycles. The van der Waals surface area contributed by atoms with Gasteiger partial charge in [-0.2, -0.15) is 13.2 Å². The van der Waals surface area contributed by atoms with Gasteiger partial charge in [0.2, 0.25) is 5.91 Å². The van der Waals surface area contributed by atoms with Crippen molar-refractivity contribution < 1.29 is 27.6 Å². The van der Waals surface area contributed by atoms with Gasteiger partial charge in [-0.3, -0.25) is 14.5 Å². The second kappa shape index (κ2) is 11.0. The van der Waals surface area contributed by atoms with E-state index in [9.17, 15) is 27.6 Å². The summed E-state index contributed by atoms with van der Waals surface area (Å²) in [5, 5.41) is 2.63. The van der Waals surface area contributed by atoms with Gasteiger partial charge in [-0.1, -0.05) is 39.0 Å². The van der Waals surface area contributed by atoms with Crippen LogP contribution in [0.15, 0.2) is 35.5 Å².